The van der Waals surface area contributed by atoms with Gasteiger partial charge in [0.25, 0.3) is 0 Å². The van der Waals surface area contributed by atoms with Crippen LogP contribution >= 0.6 is 0 Å². The van der Waals surface area contributed by atoms with Crippen molar-refractivity contribution < 1.29 is 19.8 Å². The molecule has 46 heavy (non-hydrogen) atoms. The molecule has 0 aliphatic rings. The van der Waals surface area contributed by atoms with Gasteiger partial charge in [0.05, 0.1) is 0 Å². The molecular weight excluding hydrogens is 782 g/mol. The van der Waals surface area contributed by atoms with E-state index >= 15 is 0 Å². The Balaban J connectivity index is 0.000000170. The Hall–Kier alpha value is -4.58. The first-order valence-electron chi connectivity index (χ1n) is 14.6. The van der Waals surface area contributed by atoms with Crippen LogP contribution < -0.4 is 21.5 Å². The van der Waals surface area contributed by atoms with Crippen LogP contribution in [0.15, 0.2) is 182 Å². The van der Waals surface area contributed by atoms with E-state index in [2.05, 4.69) is 182 Å². The van der Waals surface area contributed by atoms with E-state index in [4.69, 9.17) is 10.2 Å². The van der Waals surface area contributed by atoms with Gasteiger partial charge in [0.2, 0.25) is 0 Å². The molecular formula is C40H32O4Sn2. The molecule has 0 saturated carbocycles. The van der Waals surface area contributed by atoms with E-state index in [1.807, 2.05) is 0 Å². The number of benzene rings is 6. The van der Waals surface area contributed by atoms with E-state index in [1.54, 1.807) is 0 Å². The molecule has 6 aromatic carbocycles. The van der Waals surface area contributed by atoms with Crippen LogP contribution in [0.1, 0.15) is 0 Å². The number of hydrogen-bond acceptors (Lipinski definition) is 2. The third-order valence-electron chi connectivity index (χ3n) is 6.65. The predicted octanol–water partition coefficient (Wildman–Crippen LogP) is 3.56. The minimum atomic E-state index is -1.98. The van der Waals surface area contributed by atoms with Gasteiger partial charge in [0.1, 0.15) is 0 Å². The first-order valence-corrected chi connectivity index (χ1v) is 23.1. The molecule has 0 bridgehead atoms. The molecule has 0 spiro atoms. The fourth-order valence-corrected chi connectivity index (χ4v) is 19.4. The van der Waals surface area contributed by atoms with Gasteiger partial charge >= 0.3 is 255 Å². The van der Waals surface area contributed by atoms with Gasteiger partial charge < -0.3 is 10.2 Å². The van der Waals surface area contributed by atoms with Crippen molar-refractivity contribution in [2.24, 2.45) is 0 Å². The van der Waals surface area contributed by atoms with Crippen molar-refractivity contribution >= 4 is 72.9 Å². The monoisotopic (exact) mass is 816 g/mol. The summed E-state index contributed by atoms with van der Waals surface area (Å²) in [6, 6.07) is 65.9. The van der Waals surface area contributed by atoms with Crippen molar-refractivity contribution in [3.05, 3.63) is 182 Å². The van der Waals surface area contributed by atoms with E-state index in [-0.39, 0.29) is 0 Å². The van der Waals surface area contributed by atoms with Gasteiger partial charge in [-0.25, -0.2) is 9.59 Å². The molecule has 0 unspecified atom stereocenters. The molecule has 0 aromatic heterocycles. The number of carboxylic acids is 2. The Bertz CT molecular complexity index is 1500. The normalized spacial score (nSPS) is 9.87. The molecule has 0 aliphatic heterocycles. The number of aliphatic carboxylic acids is 2. The van der Waals surface area contributed by atoms with Gasteiger partial charge in [0, 0.05) is 11.8 Å². The van der Waals surface area contributed by atoms with Crippen molar-refractivity contribution in [2.45, 2.75) is 0 Å². The molecule has 0 atom stereocenters. The summed E-state index contributed by atoms with van der Waals surface area (Å²) in [7, 11) is 0. The van der Waals surface area contributed by atoms with Crippen molar-refractivity contribution in [3.8, 4) is 11.8 Å². The Labute approximate surface area is 284 Å². The average Bonchev–Trinajstić information content (AvgIpc) is 3.11. The Morgan fingerprint density at radius 1 is 0.326 bits per heavy atom. The summed E-state index contributed by atoms with van der Waals surface area (Å²) in [4.78, 5) is 18.9. The second kappa shape index (κ2) is 19.0. The SMILES string of the molecule is O=C(O)C#CC(=O)O.c1cc[c]([Sn]([c]2ccccc2)[c]2ccccc2)cc1.c1cc[c]([Sn]([c]2ccccc2)[c]2ccccc2)cc1. The third kappa shape index (κ3) is 11.1. The van der Waals surface area contributed by atoms with Crippen LogP contribution in [0.2, 0.25) is 0 Å². The van der Waals surface area contributed by atoms with E-state index in [9.17, 15) is 9.59 Å². The second-order valence-corrected chi connectivity index (χ2v) is 24.0. The summed E-state index contributed by atoms with van der Waals surface area (Å²) in [5, 5.41) is 15.5. The Morgan fingerprint density at radius 2 is 0.478 bits per heavy atom. The first kappa shape index (κ1) is 34.3. The molecule has 2 radical (unpaired) electrons. The fraction of sp³-hybridized carbons (Fsp3) is 0. The summed E-state index contributed by atoms with van der Waals surface area (Å²) < 4.78 is 9.18. The van der Waals surface area contributed by atoms with E-state index < -0.39 is 51.5 Å². The quantitative estimate of drug-likeness (QED) is 0.200. The summed E-state index contributed by atoms with van der Waals surface area (Å²) in [6.45, 7) is 0. The zero-order valence-electron chi connectivity index (χ0n) is 25.0. The molecule has 224 valence electrons. The Morgan fingerprint density at radius 3 is 0.609 bits per heavy atom. The van der Waals surface area contributed by atoms with Crippen LogP contribution in [0.5, 0.6) is 0 Å². The molecule has 2 N–H and O–H groups in total. The molecule has 4 nitrogen and oxygen atoms in total. The van der Waals surface area contributed by atoms with Crippen LogP contribution in [0.25, 0.3) is 0 Å². The van der Waals surface area contributed by atoms with Gasteiger partial charge in [0.15, 0.2) is 0 Å². The summed E-state index contributed by atoms with van der Waals surface area (Å²) in [5.41, 5.74) is 0. The van der Waals surface area contributed by atoms with Crippen LogP contribution in [0, 0.1) is 11.8 Å². The van der Waals surface area contributed by atoms with Gasteiger partial charge in [-0.05, 0) is 0 Å². The minimum absolute atomic E-state index is 1.41. The van der Waals surface area contributed by atoms with Crippen molar-refractivity contribution in [1.29, 1.82) is 0 Å². The maximum atomic E-state index is 9.47. The molecule has 6 aromatic rings. The van der Waals surface area contributed by atoms with Gasteiger partial charge in [-0.1, -0.05) is 0 Å². The number of rotatable bonds is 6. The van der Waals surface area contributed by atoms with Crippen LogP contribution in [0.4, 0.5) is 0 Å². The Kier molecular flexibility index (Phi) is 14.2. The average molecular weight is 814 g/mol. The third-order valence-corrected chi connectivity index (χ3v) is 22.2. The van der Waals surface area contributed by atoms with Crippen molar-refractivity contribution in [1.82, 2.24) is 0 Å². The number of carbonyl (C=O) groups is 2. The molecule has 0 saturated heterocycles. The van der Waals surface area contributed by atoms with E-state index in [0.717, 1.165) is 0 Å². The topological polar surface area (TPSA) is 74.6 Å². The first-order chi connectivity index (χ1) is 22.5. The van der Waals surface area contributed by atoms with Crippen molar-refractivity contribution in [2.75, 3.05) is 0 Å². The summed E-state index contributed by atoms with van der Waals surface area (Å²) >= 11 is -3.96. The molecule has 0 fully saturated rings. The second-order valence-electron chi connectivity index (χ2n) is 9.81. The summed E-state index contributed by atoms with van der Waals surface area (Å²) in [5.74, 6) is -0.0511. The van der Waals surface area contributed by atoms with E-state index in [1.165, 1.54) is 33.3 Å². The zero-order valence-corrected chi connectivity index (χ0v) is 30.7. The predicted molar refractivity (Wildman–Crippen MR) is 191 cm³/mol. The van der Waals surface area contributed by atoms with Gasteiger partial charge in [-0.15, -0.1) is 0 Å². The van der Waals surface area contributed by atoms with Crippen LogP contribution in [-0.2, 0) is 9.59 Å². The zero-order chi connectivity index (χ0) is 32.4. The number of hydrogen-bond donors (Lipinski definition) is 2. The molecule has 6 rings (SSSR count). The maximum absolute atomic E-state index is 9.47. The summed E-state index contributed by atoms with van der Waals surface area (Å²) in [6.07, 6.45) is 0. The molecule has 0 amide bonds. The van der Waals surface area contributed by atoms with E-state index in [0.29, 0.717) is 0 Å². The number of carboxylic acid groups (broad SMARTS) is 2. The van der Waals surface area contributed by atoms with Crippen LogP contribution in [0.3, 0.4) is 0 Å². The van der Waals surface area contributed by atoms with Crippen LogP contribution in [-0.4, -0.2) is 61.7 Å². The standard InChI is InChI=1S/6C6H5.C4H2O4.2Sn/c6*1-2-4-6-5-3-1;5-3(6)1-2-4(7)8;;/h6*1-5H;(H,5,6)(H,7,8);;. The molecule has 0 aliphatic carbocycles. The molecule has 6 heteroatoms. The van der Waals surface area contributed by atoms with Gasteiger partial charge in [-0.2, -0.15) is 0 Å². The van der Waals surface area contributed by atoms with Crippen molar-refractivity contribution in [3.63, 3.8) is 0 Å². The molecule has 0 heterocycles. The fourth-order valence-electron chi connectivity index (χ4n) is 4.74. The van der Waals surface area contributed by atoms with Gasteiger partial charge in [-0.3, -0.25) is 0 Å².